The van der Waals surface area contributed by atoms with E-state index in [-0.39, 0.29) is 23.3 Å². The van der Waals surface area contributed by atoms with Crippen LogP contribution >= 0.6 is 0 Å². The van der Waals surface area contributed by atoms with Crippen LogP contribution in [-0.4, -0.2) is 73.1 Å². The minimum atomic E-state index is -0.204. The highest BCUT2D eigenvalue weighted by Crippen LogP contribution is 2.29. The average Bonchev–Trinajstić information content (AvgIpc) is 2.89. The normalized spacial score (nSPS) is 28.2. The van der Waals surface area contributed by atoms with Crippen molar-refractivity contribution in [3.8, 4) is 0 Å². The summed E-state index contributed by atoms with van der Waals surface area (Å²) >= 11 is 0. The molecule has 6 nitrogen and oxygen atoms in total. The van der Waals surface area contributed by atoms with E-state index in [4.69, 9.17) is 4.74 Å². The van der Waals surface area contributed by atoms with Crippen LogP contribution in [0, 0.1) is 5.92 Å². The SMILES string of the molecule is C=CCN1CC(C(=O)N2CCOC3(CCNCC3)C2)CC1=O. The molecule has 0 aliphatic carbocycles. The Morgan fingerprint density at radius 2 is 2.23 bits per heavy atom. The van der Waals surface area contributed by atoms with Gasteiger partial charge in [0.2, 0.25) is 11.8 Å². The Hall–Kier alpha value is -1.40. The molecule has 3 rings (SSSR count). The Labute approximate surface area is 131 Å². The van der Waals surface area contributed by atoms with E-state index >= 15 is 0 Å². The molecule has 0 aromatic rings. The van der Waals surface area contributed by atoms with Gasteiger partial charge in [0, 0.05) is 32.6 Å². The fraction of sp³-hybridized carbons (Fsp3) is 0.750. The minimum absolute atomic E-state index is 0.0584. The minimum Gasteiger partial charge on any atom is -0.371 e. The van der Waals surface area contributed by atoms with Crippen molar-refractivity contribution in [3.63, 3.8) is 0 Å². The van der Waals surface area contributed by atoms with Crippen LogP contribution in [0.3, 0.4) is 0 Å². The van der Waals surface area contributed by atoms with E-state index in [2.05, 4.69) is 11.9 Å². The second-order valence-corrected chi connectivity index (χ2v) is 6.53. The fourth-order valence-electron chi connectivity index (χ4n) is 3.75. The van der Waals surface area contributed by atoms with E-state index in [0.29, 0.717) is 39.2 Å². The maximum Gasteiger partial charge on any atom is 0.228 e. The lowest BCUT2D eigenvalue weighted by molar-refractivity contribution is -0.158. The van der Waals surface area contributed by atoms with Crippen LogP contribution in [0.5, 0.6) is 0 Å². The summed E-state index contributed by atoms with van der Waals surface area (Å²) in [4.78, 5) is 28.3. The van der Waals surface area contributed by atoms with Crippen molar-refractivity contribution in [2.75, 3.05) is 45.9 Å². The maximum absolute atomic E-state index is 12.8. The number of likely N-dealkylation sites (tertiary alicyclic amines) is 1. The average molecular weight is 307 g/mol. The molecule has 0 aromatic carbocycles. The van der Waals surface area contributed by atoms with Gasteiger partial charge >= 0.3 is 0 Å². The lowest BCUT2D eigenvalue weighted by atomic mass is 9.90. The molecule has 0 saturated carbocycles. The smallest absolute Gasteiger partial charge is 0.228 e. The number of nitrogens with one attached hydrogen (secondary N) is 1. The van der Waals surface area contributed by atoms with Gasteiger partial charge in [-0.15, -0.1) is 6.58 Å². The van der Waals surface area contributed by atoms with Crippen LogP contribution in [0.25, 0.3) is 0 Å². The molecule has 122 valence electrons. The Morgan fingerprint density at radius 1 is 1.45 bits per heavy atom. The van der Waals surface area contributed by atoms with Crippen LogP contribution in [0.15, 0.2) is 12.7 Å². The van der Waals surface area contributed by atoms with Crippen molar-refractivity contribution in [1.82, 2.24) is 15.1 Å². The molecule has 3 saturated heterocycles. The summed E-state index contributed by atoms with van der Waals surface area (Å²) in [5.41, 5.74) is -0.178. The molecule has 3 heterocycles. The summed E-state index contributed by atoms with van der Waals surface area (Å²) in [6.45, 7) is 8.50. The lowest BCUT2D eigenvalue weighted by Gasteiger charge is -2.45. The molecule has 1 spiro atoms. The third kappa shape index (κ3) is 3.03. The molecule has 0 bridgehead atoms. The largest absolute Gasteiger partial charge is 0.371 e. The number of morpholine rings is 1. The van der Waals surface area contributed by atoms with Crippen LogP contribution < -0.4 is 5.32 Å². The van der Waals surface area contributed by atoms with Crippen LogP contribution in [-0.2, 0) is 14.3 Å². The number of ether oxygens (including phenoxy) is 1. The summed E-state index contributed by atoms with van der Waals surface area (Å²) in [6, 6.07) is 0. The van der Waals surface area contributed by atoms with E-state index in [1.165, 1.54) is 0 Å². The highest BCUT2D eigenvalue weighted by molar-refractivity contribution is 5.89. The molecule has 22 heavy (non-hydrogen) atoms. The quantitative estimate of drug-likeness (QED) is 0.746. The van der Waals surface area contributed by atoms with Crippen LogP contribution in [0.4, 0.5) is 0 Å². The fourth-order valence-corrected chi connectivity index (χ4v) is 3.75. The predicted octanol–water partition coefficient (Wildman–Crippen LogP) is 0.00190. The molecule has 3 fully saturated rings. The van der Waals surface area contributed by atoms with Gasteiger partial charge in [-0.05, 0) is 25.9 Å². The molecule has 1 unspecified atom stereocenters. The first-order valence-electron chi connectivity index (χ1n) is 8.16. The Kier molecular flexibility index (Phi) is 4.49. The zero-order chi connectivity index (χ0) is 15.6. The molecule has 0 aromatic heterocycles. The van der Waals surface area contributed by atoms with E-state index in [1.807, 2.05) is 4.90 Å². The van der Waals surface area contributed by atoms with Crippen LogP contribution in [0.2, 0.25) is 0 Å². The van der Waals surface area contributed by atoms with Gasteiger partial charge in [-0.25, -0.2) is 0 Å². The number of hydrogen-bond donors (Lipinski definition) is 1. The van der Waals surface area contributed by atoms with Crippen molar-refractivity contribution in [2.45, 2.75) is 24.9 Å². The number of piperidine rings is 1. The maximum atomic E-state index is 12.8. The first kappa shape index (κ1) is 15.5. The zero-order valence-corrected chi connectivity index (χ0v) is 13.1. The number of nitrogens with zero attached hydrogens (tertiary/aromatic N) is 2. The third-order valence-electron chi connectivity index (χ3n) is 4.99. The van der Waals surface area contributed by atoms with Gasteiger partial charge in [0.25, 0.3) is 0 Å². The van der Waals surface area contributed by atoms with E-state index in [9.17, 15) is 9.59 Å². The summed E-state index contributed by atoms with van der Waals surface area (Å²) < 4.78 is 6.01. The molecule has 3 aliphatic heterocycles. The number of carbonyl (C=O) groups is 2. The molecular weight excluding hydrogens is 282 g/mol. The number of amides is 2. The van der Waals surface area contributed by atoms with Crippen molar-refractivity contribution < 1.29 is 14.3 Å². The van der Waals surface area contributed by atoms with Crippen molar-refractivity contribution in [1.29, 1.82) is 0 Å². The van der Waals surface area contributed by atoms with Gasteiger partial charge in [-0.2, -0.15) is 0 Å². The molecule has 3 aliphatic rings. The van der Waals surface area contributed by atoms with Gasteiger partial charge in [-0.1, -0.05) is 6.08 Å². The molecular formula is C16H25N3O3. The molecule has 1 atom stereocenters. The molecule has 1 N–H and O–H groups in total. The molecule has 0 radical (unpaired) electrons. The molecule has 6 heteroatoms. The van der Waals surface area contributed by atoms with Gasteiger partial charge in [0.05, 0.1) is 18.1 Å². The summed E-state index contributed by atoms with van der Waals surface area (Å²) in [5, 5.41) is 3.34. The first-order chi connectivity index (χ1) is 10.6. The predicted molar refractivity (Wildman–Crippen MR) is 82.3 cm³/mol. The Balaban J connectivity index is 1.62. The number of rotatable bonds is 3. The summed E-state index contributed by atoms with van der Waals surface area (Å²) in [6.07, 6.45) is 3.94. The zero-order valence-electron chi connectivity index (χ0n) is 13.1. The summed E-state index contributed by atoms with van der Waals surface area (Å²) in [7, 11) is 0. The van der Waals surface area contributed by atoms with Crippen molar-refractivity contribution in [3.05, 3.63) is 12.7 Å². The summed E-state index contributed by atoms with van der Waals surface area (Å²) in [5.74, 6) is -0.0338. The molecule has 2 amide bonds. The van der Waals surface area contributed by atoms with Crippen molar-refractivity contribution >= 4 is 11.8 Å². The second kappa shape index (κ2) is 6.38. The van der Waals surface area contributed by atoms with E-state index < -0.39 is 0 Å². The topological polar surface area (TPSA) is 61.9 Å². The first-order valence-corrected chi connectivity index (χ1v) is 8.16. The van der Waals surface area contributed by atoms with Crippen molar-refractivity contribution in [2.24, 2.45) is 5.92 Å². The van der Waals surface area contributed by atoms with E-state index in [0.717, 1.165) is 25.9 Å². The Bertz CT molecular complexity index is 454. The van der Waals surface area contributed by atoms with Gasteiger partial charge < -0.3 is 19.9 Å². The standard InChI is InChI=1S/C16H25N3O3/c1-2-7-18-11-13(10-14(18)20)15(21)19-8-9-22-16(12-19)3-5-17-6-4-16/h2,13,17H,1,3-12H2. The van der Waals surface area contributed by atoms with Gasteiger partial charge in [-0.3, -0.25) is 9.59 Å². The van der Waals surface area contributed by atoms with E-state index in [1.54, 1.807) is 11.0 Å². The monoisotopic (exact) mass is 307 g/mol. The highest BCUT2D eigenvalue weighted by Gasteiger charge is 2.42. The lowest BCUT2D eigenvalue weighted by Crippen LogP contribution is -2.58. The number of hydrogen-bond acceptors (Lipinski definition) is 4. The highest BCUT2D eigenvalue weighted by atomic mass is 16.5. The van der Waals surface area contributed by atoms with Gasteiger partial charge in [0.15, 0.2) is 0 Å². The van der Waals surface area contributed by atoms with Crippen LogP contribution in [0.1, 0.15) is 19.3 Å². The third-order valence-corrected chi connectivity index (χ3v) is 4.99. The second-order valence-electron chi connectivity index (χ2n) is 6.53. The number of carbonyl (C=O) groups excluding carboxylic acids is 2. The van der Waals surface area contributed by atoms with Gasteiger partial charge in [0.1, 0.15) is 0 Å². The Morgan fingerprint density at radius 3 is 2.95 bits per heavy atom.